The van der Waals surface area contributed by atoms with Gasteiger partial charge in [0.2, 0.25) is 0 Å². The zero-order valence-electron chi connectivity index (χ0n) is 13.5. The van der Waals surface area contributed by atoms with Crippen LogP contribution in [0.2, 0.25) is 0 Å². The molecular formula is C18H17F2N3O2. The number of hydrogen-bond donors (Lipinski definition) is 1. The van der Waals surface area contributed by atoms with Gasteiger partial charge < -0.3 is 10.1 Å². The molecule has 1 aromatic carbocycles. The summed E-state index contributed by atoms with van der Waals surface area (Å²) in [7, 11) is 0. The normalized spacial score (nSPS) is 32.1. The fourth-order valence-corrected chi connectivity index (χ4v) is 4.09. The number of carbonyl (C=O) groups excluding carboxylic acids is 1. The minimum absolute atomic E-state index is 0.135. The second-order valence-electron chi connectivity index (χ2n) is 7.09. The van der Waals surface area contributed by atoms with Crippen molar-refractivity contribution in [1.29, 1.82) is 5.26 Å². The van der Waals surface area contributed by atoms with Crippen molar-refractivity contribution >= 4 is 18.0 Å². The van der Waals surface area contributed by atoms with Gasteiger partial charge in [-0.1, -0.05) is 0 Å². The largest absolute Gasteiger partial charge is 0.441 e. The first-order chi connectivity index (χ1) is 11.9. The smallest absolute Gasteiger partial charge is 0.407 e. The number of carbonyl (C=O) groups is 1. The summed E-state index contributed by atoms with van der Waals surface area (Å²) < 4.78 is 34.4. The second kappa shape index (κ2) is 5.51. The molecular weight excluding hydrogens is 328 g/mol. The molecule has 1 N–H and O–H groups in total. The Balaban J connectivity index is 1.57. The zero-order chi connectivity index (χ0) is 17.7. The molecule has 25 heavy (non-hydrogen) atoms. The Kier molecular flexibility index (Phi) is 3.53. The van der Waals surface area contributed by atoms with Gasteiger partial charge in [0.1, 0.15) is 5.60 Å². The second-order valence-corrected chi connectivity index (χ2v) is 7.09. The van der Waals surface area contributed by atoms with Crippen molar-refractivity contribution < 1.29 is 18.3 Å². The molecule has 3 aliphatic rings. The van der Waals surface area contributed by atoms with Crippen LogP contribution in [0.5, 0.6) is 0 Å². The highest BCUT2D eigenvalue weighted by molar-refractivity contribution is 5.81. The molecule has 4 rings (SSSR count). The van der Waals surface area contributed by atoms with Gasteiger partial charge in [-0.25, -0.2) is 13.6 Å². The Hall–Kier alpha value is -2.49. The molecule has 1 saturated carbocycles. The molecule has 5 nitrogen and oxygen atoms in total. The van der Waals surface area contributed by atoms with Gasteiger partial charge in [-0.2, -0.15) is 5.26 Å². The SMILES string of the molecule is N#Cc1ccc2c(c1)C(CC1CC3(CCC1(F)F)CNC(=O)O3)C=N2. The summed E-state index contributed by atoms with van der Waals surface area (Å²) in [5.74, 6) is -3.95. The van der Waals surface area contributed by atoms with Crippen LogP contribution in [0.25, 0.3) is 0 Å². The first kappa shape index (κ1) is 16.0. The molecule has 1 aromatic rings. The Labute approximate surface area is 143 Å². The molecule has 1 saturated heterocycles. The maximum atomic E-state index is 14.5. The minimum atomic E-state index is -2.80. The monoisotopic (exact) mass is 345 g/mol. The van der Waals surface area contributed by atoms with Crippen molar-refractivity contribution in [2.45, 2.75) is 43.1 Å². The average molecular weight is 345 g/mol. The van der Waals surface area contributed by atoms with Gasteiger partial charge in [-0.3, -0.25) is 4.99 Å². The van der Waals surface area contributed by atoms with Crippen LogP contribution in [-0.4, -0.2) is 30.4 Å². The van der Waals surface area contributed by atoms with E-state index in [-0.39, 0.29) is 38.1 Å². The van der Waals surface area contributed by atoms with Crippen LogP contribution in [0.4, 0.5) is 19.3 Å². The van der Waals surface area contributed by atoms with Crippen LogP contribution in [0, 0.1) is 17.2 Å². The van der Waals surface area contributed by atoms with Gasteiger partial charge in [0.05, 0.1) is 23.9 Å². The summed E-state index contributed by atoms with van der Waals surface area (Å²) in [5.41, 5.74) is 1.22. The van der Waals surface area contributed by atoms with Crippen molar-refractivity contribution in [3.05, 3.63) is 29.3 Å². The van der Waals surface area contributed by atoms with Crippen LogP contribution < -0.4 is 5.32 Å². The topological polar surface area (TPSA) is 74.5 Å². The first-order valence-electron chi connectivity index (χ1n) is 8.34. The molecule has 2 fully saturated rings. The zero-order valence-corrected chi connectivity index (χ0v) is 13.5. The van der Waals surface area contributed by atoms with Gasteiger partial charge in [0.25, 0.3) is 5.92 Å². The van der Waals surface area contributed by atoms with E-state index in [1.807, 2.05) is 0 Å². The number of nitrogens with zero attached hydrogens (tertiary/aromatic N) is 2. The molecule has 7 heteroatoms. The quantitative estimate of drug-likeness (QED) is 0.889. The molecule has 3 atom stereocenters. The number of alkyl carbamates (subject to hydrolysis) is 1. The van der Waals surface area contributed by atoms with Crippen molar-refractivity contribution in [1.82, 2.24) is 5.32 Å². The summed E-state index contributed by atoms with van der Waals surface area (Å²) in [6, 6.07) is 7.21. The number of rotatable bonds is 2. The molecule has 1 amide bonds. The summed E-state index contributed by atoms with van der Waals surface area (Å²) in [6.45, 7) is 0.284. The lowest BCUT2D eigenvalue weighted by atomic mass is 9.72. The van der Waals surface area contributed by atoms with E-state index in [4.69, 9.17) is 10.00 Å². The number of hydrogen-bond acceptors (Lipinski definition) is 4. The van der Waals surface area contributed by atoms with Crippen LogP contribution >= 0.6 is 0 Å². The van der Waals surface area contributed by atoms with Crippen LogP contribution in [0.1, 0.15) is 42.7 Å². The number of benzene rings is 1. The molecule has 1 aliphatic carbocycles. The molecule has 0 radical (unpaired) electrons. The van der Waals surface area contributed by atoms with Gasteiger partial charge in [0.15, 0.2) is 0 Å². The van der Waals surface area contributed by atoms with Crippen molar-refractivity contribution in [3.63, 3.8) is 0 Å². The van der Waals surface area contributed by atoms with E-state index in [1.54, 1.807) is 24.4 Å². The third-order valence-corrected chi connectivity index (χ3v) is 5.48. The average Bonchev–Trinajstić information content (AvgIpc) is 3.15. The summed E-state index contributed by atoms with van der Waals surface area (Å²) in [4.78, 5) is 15.7. The number of amides is 1. The minimum Gasteiger partial charge on any atom is -0.441 e. The first-order valence-corrected chi connectivity index (χ1v) is 8.34. The standard InChI is InChI=1S/C18H17F2N3O2/c19-18(20)4-3-17(10-23-16(24)25-17)7-13(18)6-12-9-22-15-2-1-11(8-21)5-14(12)15/h1-2,5,9,12-13H,3-4,6-7,10H2,(H,23,24). The summed E-state index contributed by atoms with van der Waals surface area (Å²) >= 11 is 0. The van der Waals surface area contributed by atoms with Gasteiger partial charge in [0, 0.05) is 24.5 Å². The van der Waals surface area contributed by atoms with Crippen LogP contribution in [0.15, 0.2) is 23.2 Å². The third kappa shape index (κ3) is 2.76. The van der Waals surface area contributed by atoms with Gasteiger partial charge in [-0.15, -0.1) is 0 Å². The lowest BCUT2D eigenvalue weighted by molar-refractivity contribution is -0.137. The lowest BCUT2D eigenvalue weighted by Crippen LogP contribution is -2.47. The fraction of sp³-hybridized carbons (Fsp3) is 0.500. The Morgan fingerprint density at radius 2 is 2.24 bits per heavy atom. The molecule has 0 aromatic heterocycles. The molecule has 2 aliphatic heterocycles. The van der Waals surface area contributed by atoms with E-state index in [2.05, 4.69) is 16.4 Å². The van der Waals surface area contributed by atoms with E-state index in [9.17, 15) is 13.6 Å². The van der Waals surface area contributed by atoms with E-state index in [1.165, 1.54) is 0 Å². The number of ether oxygens (including phenoxy) is 1. The number of nitriles is 1. The number of halogens is 2. The van der Waals surface area contributed by atoms with Gasteiger partial charge >= 0.3 is 6.09 Å². The Bertz CT molecular complexity index is 802. The predicted octanol–water partition coefficient (Wildman–Crippen LogP) is 3.66. The van der Waals surface area contributed by atoms with Crippen LogP contribution in [-0.2, 0) is 4.74 Å². The third-order valence-electron chi connectivity index (χ3n) is 5.48. The highest BCUT2D eigenvalue weighted by Gasteiger charge is 2.54. The fourth-order valence-electron chi connectivity index (χ4n) is 4.09. The number of alkyl halides is 2. The summed E-state index contributed by atoms with van der Waals surface area (Å²) in [6.07, 6.45) is 1.39. The number of fused-ring (bicyclic) bond motifs is 1. The Morgan fingerprint density at radius 1 is 1.40 bits per heavy atom. The van der Waals surface area contributed by atoms with Crippen molar-refractivity contribution in [3.8, 4) is 6.07 Å². The van der Waals surface area contributed by atoms with E-state index < -0.39 is 23.5 Å². The molecule has 130 valence electrons. The molecule has 2 heterocycles. The van der Waals surface area contributed by atoms with E-state index in [0.29, 0.717) is 5.56 Å². The predicted molar refractivity (Wildman–Crippen MR) is 86.2 cm³/mol. The van der Waals surface area contributed by atoms with E-state index >= 15 is 0 Å². The molecule has 0 bridgehead atoms. The number of nitrogens with one attached hydrogen (secondary N) is 1. The number of aliphatic imine (C=N–C) groups is 1. The highest BCUT2D eigenvalue weighted by Crippen LogP contribution is 2.50. The molecule has 1 spiro atoms. The van der Waals surface area contributed by atoms with Gasteiger partial charge in [-0.05, 0) is 43.0 Å². The molecule has 3 unspecified atom stereocenters. The lowest BCUT2D eigenvalue weighted by Gasteiger charge is -2.41. The Morgan fingerprint density at radius 3 is 2.96 bits per heavy atom. The van der Waals surface area contributed by atoms with Crippen molar-refractivity contribution in [2.75, 3.05) is 6.54 Å². The maximum absolute atomic E-state index is 14.5. The van der Waals surface area contributed by atoms with Crippen LogP contribution in [0.3, 0.4) is 0 Å². The van der Waals surface area contributed by atoms with Crippen molar-refractivity contribution in [2.24, 2.45) is 10.9 Å². The maximum Gasteiger partial charge on any atom is 0.407 e. The summed E-state index contributed by atoms with van der Waals surface area (Å²) in [5, 5.41) is 11.6. The van der Waals surface area contributed by atoms with E-state index in [0.717, 1.165) is 11.3 Å². The highest BCUT2D eigenvalue weighted by atomic mass is 19.3.